The molecule has 1 aliphatic rings. The van der Waals surface area contributed by atoms with Crippen molar-refractivity contribution in [1.29, 1.82) is 0 Å². The largest absolute Gasteiger partial charge is 0.356 e. The fourth-order valence-corrected chi connectivity index (χ4v) is 3.01. The number of rotatable bonds is 5. The minimum atomic E-state index is -0.205. The molecule has 1 unspecified atom stereocenters. The van der Waals surface area contributed by atoms with Gasteiger partial charge >= 0.3 is 0 Å². The maximum absolute atomic E-state index is 13.6. The lowest BCUT2D eigenvalue weighted by atomic mass is 10.00. The van der Waals surface area contributed by atoms with Crippen LogP contribution in [0.1, 0.15) is 37.3 Å². The molecule has 1 atom stereocenters. The van der Waals surface area contributed by atoms with E-state index in [9.17, 15) is 9.18 Å². The van der Waals surface area contributed by atoms with Crippen LogP contribution < -0.4 is 10.6 Å². The number of piperidine rings is 1. The van der Waals surface area contributed by atoms with E-state index >= 15 is 0 Å². The third kappa shape index (κ3) is 6.03. The number of likely N-dealkylation sites (tertiary alicyclic amines) is 1. The second-order valence-corrected chi connectivity index (χ2v) is 6.77. The number of aryl methyl sites for hydroxylation is 1. The zero-order valence-corrected chi connectivity index (χ0v) is 15.4. The highest BCUT2D eigenvalue weighted by molar-refractivity contribution is 5.81. The number of amides is 1. The second kappa shape index (κ2) is 9.39. The van der Waals surface area contributed by atoms with Gasteiger partial charge in [-0.2, -0.15) is 0 Å². The van der Waals surface area contributed by atoms with Gasteiger partial charge in [-0.15, -0.1) is 0 Å². The van der Waals surface area contributed by atoms with E-state index in [2.05, 4.69) is 22.5 Å². The van der Waals surface area contributed by atoms with Crippen LogP contribution in [-0.4, -0.2) is 43.4 Å². The molecule has 0 bridgehead atoms. The molecule has 5 nitrogen and oxygen atoms in total. The van der Waals surface area contributed by atoms with Gasteiger partial charge in [-0.3, -0.25) is 9.79 Å². The SMILES string of the molecule is CN=C(NCCC(=O)N1CCCC(C)C1)NCc1ccc(C)c(F)c1. The van der Waals surface area contributed by atoms with Crippen molar-refractivity contribution in [2.75, 3.05) is 26.7 Å². The first-order valence-corrected chi connectivity index (χ1v) is 8.97. The minimum absolute atomic E-state index is 0.190. The van der Waals surface area contributed by atoms with Crippen LogP contribution in [0.2, 0.25) is 0 Å². The molecule has 1 heterocycles. The molecule has 1 fully saturated rings. The zero-order chi connectivity index (χ0) is 18.2. The predicted octanol–water partition coefficient (Wildman–Crippen LogP) is 2.45. The van der Waals surface area contributed by atoms with Gasteiger partial charge in [0.2, 0.25) is 5.91 Å². The third-order valence-electron chi connectivity index (χ3n) is 4.56. The lowest BCUT2D eigenvalue weighted by Crippen LogP contribution is -2.42. The molecular formula is C19H29FN4O. The molecule has 25 heavy (non-hydrogen) atoms. The molecular weight excluding hydrogens is 319 g/mol. The van der Waals surface area contributed by atoms with Crippen molar-refractivity contribution >= 4 is 11.9 Å². The molecule has 2 N–H and O–H groups in total. The standard InChI is InChI=1S/C19H29FN4O/c1-14-5-4-10-24(13-14)18(25)8-9-22-19(21-3)23-12-16-7-6-15(2)17(20)11-16/h6-7,11,14H,4-5,8-10,12-13H2,1-3H3,(H2,21,22,23). The van der Waals surface area contributed by atoms with Gasteiger partial charge in [-0.1, -0.05) is 19.1 Å². The van der Waals surface area contributed by atoms with E-state index in [0.29, 0.717) is 37.0 Å². The maximum Gasteiger partial charge on any atom is 0.224 e. The molecule has 1 amide bonds. The molecule has 6 heteroatoms. The summed E-state index contributed by atoms with van der Waals surface area (Å²) in [6.07, 6.45) is 2.75. The van der Waals surface area contributed by atoms with Crippen LogP contribution in [0.15, 0.2) is 23.2 Å². The fraction of sp³-hybridized carbons (Fsp3) is 0.579. The van der Waals surface area contributed by atoms with Gasteiger partial charge in [0.25, 0.3) is 0 Å². The van der Waals surface area contributed by atoms with Crippen molar-refractivity contribution in [2.24, 2.45) is 10.9 Å². The number of carbonyl (C=O) groups excluding carboxylic acids is 1. The Kier molecular flexibility index (Phi) is 7.22. The van der Waals surface area contributed by atoms with Crippen molar-refractivity contribution in [3.8, 4) is 0 Å². The monoisotopic (exact) mass is 348 g/mol. The highest BCUT2D eigenvalue weighted by Gasteiger charge is 2.20. The summed E-state index contributed by atoms with van der Waals surface area (Å²) in [5, 5.41) is 6.28. The maximum atomic E-state index is 13.6. The third-order valence-corrected chi connectivity index (χ3v) is 4.56. The number of benzene rings is 1. The van der Waals surface area contributed by atoms with E-state index in [1.54, 1.807) is 20.0 Å². The van der Waals surface area contributed by atoms with Crippen LogP contribution in [0.5, 0.6) is 0 Å². The van der Waals surface area contributed by atoms with E-state index < -0.39 is 0 Å². The number of carbonyl (C=O) groups is 1. The van der Waals surface area contributed by atoms with Crippen molar-refractivity contribution in [3.63, 3.8) is 0 Å². The fourth-order valence-electron chi connectivity index (χ4n) is 3.01. The Hall–Kier alpha value is -2.11. The molecule has 0 spiro atoms. The van der Waals surface area contributed by atoms with E-state index in [-0.39, 0.29) is 11.7 Å². The Morgan fingerprint density at radius 1 is 1.40 bits per heavy atom. The van der Waals surface area contributed by atoms with Crippen LogP contribution in [-0.2, 0) is 11.3 Å². The summed E-state index contributed by atoms with van der Waals surface area (Å²) in [5.41, 5.74) is 1.49. The second-order valence-electron chi connectivity index (χ2n) is 6.77. The molecule has 1 aliphatic heterocycles. The number of hydrogen-bond acceptors (Lipinski definition) is 2. The topological polar surface area (TPSA) is 56.7 Å². The minimum Gasteiger partial charge on any atom is -0.356 e. The number of guanidine groups is 1. The van der Waals surface area contributed by atoms with E-state index in [4.69, 9.17) is 0 Å². The van der Waals surface area contributed by atoms with Crippen molar-refractivity contribution in [2.45, 2.75) is 39.7 Å². The summed E-state index contributed by atoms with van der Waals surface area (Å²) in [5.74, 6) is 1.19. The Morgan fingerprint density at radius 3 is 2.88 bits per heavy atom. The Bertz CT molecular complexity index is 617. The molecule has 1 aromatic carbocycles. The molecule has 1 aromatic rings. The number of hydrogen-bond donors (Lipinski definition) is 2. The predicted molar refractivity (Wildman–Crippen MR) is 98.9 cm³/mol. The van der Waals surface area contributed by atoms with Gasteiger partial charge in [0.05, 0.1) is 0 Å². The first-order valence-electron chi connectivity index (χ1n) is 8.97. The normalized spacial score (nSPS) is 18.2. The zero-order valence-electron chi connectivity index (χ0n) is 15.4. The van der Waals surface area contributed by atoms with Crippen molar-refractivity contribution in [1.82, 2.24) is 15.5 Å². The van der Waals surface area contributed by atoms with Gasteiger partial charge in [0.15, 0.2) is 5.96 Å². The van der Waals surface area contributed by atoms with Crippen LogP contribution in [0.4, 0.5) is 4.39 Å². The molecule has 138 valence electrons. The number of halogens is 1. The molecule has 0 aliphatic carbocycles. The number of aliphatic imine (C=N–C) groups is 1. The molecule has 1 saturated heterocycles. The summed E-state index contributed by atoms with van der Waals surface area (Å²) >= 11 is 0. The van der Waals surface area contributed by atoms with Gasteiger partial charge < -0.3 is 15.5 Å². The lowest BCUT2D eigenvalue weighted by molar-refractivity contribution is -0.132. The Balaban J connectivity index is 1.72. The molecule has 2 rings (SSSR count). The summed E-state index contributed by atoms with van der Waals surface area (Å²) in [6, 6.07) is 5.18. The molecule has 0 aromatic heterocycles. The summed E-state index contributed by atoms with van der Waals surface area (Å²) in [6.45, 7) is 6.69. The van der Waals surface area contributed by atoms with Crippen molar-refractivity contribution in [3.05, 3.63) is 35.1 Å². The van der Waals surface area contributed by atoms with Crippen LogP contribution in [0.25, 0.3) is 0 Å². The number of nitrogens with one attached hydrogen (secondary N) is 2. The summed E-state index contributed by atoms with van der Waals surface area (Å²) < 4.78 is 13.6. The van der Waals surface area contributed by atoms with Crippen LogP contribution in [0, 0.1) is 18.7 Å². The van der Waals surface area contributed by atoms with Gasteiger partial charge in [-0.25, -0.2) is 4.39 Å². The van der Waals surface area contributed by atoms with E-state index in [1.807, 2.05) is 11.0 Å². The number of nitrogens with zero attached hydrogens (tertiary/aromatic N) is 2. The average molecular weight is 348 g/mol. The first kappa shape index (κ1) is 19.2. The van der Waals surface area contributed by atoms with E-state index in [0.717, 1.165) is 25.1 Å². The highest BCUT2D eigenvalue weighted by Crippen LogP contribution is 2.15. The van der Waals surface area contributed by atoms with E-state index in [1.165, 1.54) is 12.5 Å². The lowest BCUT2D eigenvalue weighted by Gasteiger charge is -2.31. The van der Waals surface area contributed by atoms with Gasteiger partial charge in [0.1, 0.15) is 5.82 Å². The van der Waals surface area contributed by atoms with Crippen LogP contribution >= 0.6 is 0 Å². The van der Waals surface area contributed by atoms with Gasteiger partial charge in [0, 0.05) is 39.6 Å². The average Bonchev–Trinajstić information content (AvgIpc) is 2.60. The summed E-state index contributed by atoms with van der Waals surface area (Å²) in [7, 11) is 1.68. The van der Waals surface area contributed by atoms with Gasteiger partial charge in [-0.05, 0) is 42.9 Å². The molecule has 0 saturated carbocycles. The highest BCUT2D eigenvalue weighted by atomic mass is 19.1. The Morgan fingerprint density at radius 2 is 2.20 bits per heavy atom. The van der Waals surface area contributed by atoms with Crippen LogP contribution in [0.3, 0.4) is 0 Å². The Labute approximate surface area is 149 Å². The summed E-state index contributed by atoms with van der Waals surface area (Å²) in [4.78, 5) is 18.3. The van der Waals surface area contributed by atoms with Crippen molar-refractivity contribution < 1.29 is 9.18 Å². The first-order chi connectivity index (χ1) is 12.0. The quantitative estimate of drug-likeness (QED) is 0.635. The molecule has 0 radical (unpaired) electrons. The smallest absolute Gasteiger partial charge is 0.224 e.